The summed E-state index contributed by atoms with van der Waals surface area (Å²) in [6.45, 7) is 0.953. The molecule has 0 bridgehead atoms. The van der Waals surface area contributed by atoms with Crippen LogP contribution < -0.4 is 4.74 Å². The van der Waals surface area contributed by atoms with Crippen LogP contribution in [-0.4, -0.2) is 72.4 Å². The van der Waals surface area contributed by atoms with Gasteiger partial charge in [0.1, 0.15) is 5.76 Å². The van der Waals surface area contributed by atoms with Gasteiger partial charge in [-0.3, -0.25) is 4.79 Å². The monoisotopic (exact) mass is 283 g/mol. The largest absolute Gasteiger partial charge is 0.479 e. The number of methoxy groups -OCH3 is 1. The zero-order valence-electron chi connectivity index (χ0n) is 12.1. The van der Waals surface area contributed by atoms with Gasteiger partial charge in [-0.1, -0.05) is 0 Å². The molecule has 1 fully saturated rings. The van der Waals surface area contributed by atoms with E-state index in [1.165, 1.54) is 7.11 Å². The molecule has 112 valence electrons. The number of amides is 1. The summed E-state index contributed by atoms with van der Waals surface area (Å²) in [5.41, 5.74) is 0. The van der Waals surface area contributed by atoms with Crippen molar-refractivity contribution in [1.29, 1.82) is 0 Å². The number of aliphatic hydroxyl groups excluding tert-OH is 1. The molecule has 1 saturated heterocycles. The van der Waals surface area contributed by atoms with E-state index >= 15 is 0 Å². The first kappa shape index (κ1) is 14.8. The Bertz CT molecular complexity index is 460. The molecule has 0 aliphatic carbocycles. The normalized spacial score (nSPS) is 22.6. The van der Waals surface area contributed by atoms with Crippen molar-refractivity contribution in [1.82, 2.24) is 15.0 Å². The lowest BCUT2D eigenvalue weighted by Crippen LogP contribution is -2.38. The lowest BCUT2D eigenvalue weighted by molar-refractivity contribution is -0.130. The van der Waals surface area contributed by atoms with Crippen LogP contribution in [0.3, 0.4) is 0 Å². The molecule has 0 radical (unpaired) electrons. The van der Waals surface area contributed by atoms with Gasteiger partial charge in [0.25, 0.3) is 5.88 Å². The molecule has 1 amide bonds. The molecular weight excluding hydrogens is 262 g/mol. The van der Waals surface area contributed by atoms with Crippen molar-refractivity contribution in [2.24, 2.45) is 0 Å². The second-order valence-electron chi connectivity index (χ2n) is 5.23. The van der Waals surface area contributed by atoms with Crippen molar-refractivity contribution >= 4 is 5.91 Å². The lowest BCUT2D eigenvalue weighted by Gasteiger charge is -2.21. The predicted octanol–water partition coefficient (Wildman–Crippen LogP) is -0.251. The van der Waals surface area contributed by atoms with Gasteiger partial charge in [-0.2, -0.15) is 0 Å². The highest BCUT2D eigenvalue weighted by molar-refractivity contribution is 5.76. The molecule has 0 unspecified atom stereocenters. The fraction of sp³-hybridized carbons (Fsp3) is 0.692. The summed E-state index contributed by atoms with van der Waals surface area (Å²) in [7, 11) is 5.32. The molecule has 0 saturated carbocycles. The molecule has 7 heteroatoms. The van der Waals surface area contributed by atoms with Crippen LogP contribution in [0.4, 0.5) is 0 Å². The van der Waals surface area contributed by atoms with Gasteiger partial charge in [-0.15, -0.1) is 0 Å². The first-order chi connectivity index (χ1) is 9.51. The Kier molecular flexibility index (Phi) is 4.61. The maximum Gasteiger partial charge on any atom is 0.254 e. The van der Waals surface area contributed by atoms with Gasteiger partial charge in [0.15, 0.2) is 0 Å². The van der Waals surface area contributed by atoms with Crippen LogP contribution in [0.2, 0.25) is 0 Å². The Hall–Kier alpha value is -1.60. The van der Waals surface area contributed by atoms with Crippen LogP contribution in [0, 0.1) is 0 Å². The molecule has 1 aliphatic rings. The van der Waals surface area contributed by atoms with Crippen LogP contribution in [0.15, 0.2) is 10.6 Å². The lowest BCUT2D eigenvalue weighted by atomic mass is 10.2. The fourth-order valence-corrected chi connectivity index (χ4v) is 2.38. The van der Waals surface area contributed by atoms with Crippen LogP contribution in [-0.2, 0) is 11.2 Å². The minimum Gasteiger partial charge on any atom is -0.479 e. The SMILES string of the molecule is COc1cc(CCC(=O)N2C[C@@H](O)[C@H](N(C)C)C2)on1. The average Bonchev–Trinajstić information content (AvgIpc) is 3.02. The molecule has 1 N–H and O–H groups in total. The third-order valence-electron chi connectivity index (χ3n) is 3.61. The smallest absolute Gasteiger partial charge is 0.254 e. The third kappa shape index (κ3) is 3.29. The van der Waals surface area contributed by atoms with Gasteiger partial charge >= 0.3 is 0 Å². The van der Waals surface area contributed by atoms with Gasteiger partial charge in [0.05, 0.1) is 19.3 Å². The number of hydrogen-bond donors (Lipinski definition) is 1. The number of aromatic nitrogens is 1. The van der Waals surface area contributed by atoms with Crippen LogP contribution in [0.5, 0.6) is 5.88 Å². The molecule has 20 heavy (non-hydrogen) atoms. The summed E-state index contributed by atoms with van der Waals surface area (Å²) in [6, 6.07) is 1.68. The highest BCUT2D eigenvalue weighted by atomic mass is 16.5. The quantitative estimate of drug-likeness (QED) is 0.803. The average molecular weight is 283 g/mol. The number of aryl methyl sites for hydroxylation is 1. The number of likely N-dealkylation sites (tertiary alicyclic amines) is 1. The molecule has 1 aromatic heterocycles. The second-order valence-corrected chi connectivity index (χ2v) is 5.23. The number of carbonyl (C=O) groups is 1. The van der Waals surface area contributed by atoms with Crippen LogP contribution in [0.1, 0.15) is 12.2 Å². The van der Waals surface area contributed by atoms with Crippen molar-refractivity contribution in [3.8, 4) is 5.88 Å². The topological polar surface area (TPSA) is 79.0 Å². The maximum atomic E-state index is 12.1. The number of ether oxygens (including phenoxy) is 1. The summed E-state index contributed by atoms with van der Waals surface area (Å²) in [6.07, 6.45) is 0.332. The number of β-amino-alcohol motifs (C(OH)–C–C–N with tert-alkyl or cyclic N) is 1. The van der Waals surface area contributed by atoms with Crippen molar-refractivity contribution in [3.63, 3.8) is 0 Å². The summed E-state index contributed by atoms with van der Waals surface area (Å²) in [4.78, 5) is 15.8. The van der Waals surface area contributed by atoms with Crippen molar-refractivity contribution in [3.05, 3.63) is 11.8 Å². The molecular formula is C13H21N3O4. The fourth-order valence-electron chi connectivity index (χ4n) is 2.38. The van der Waals surface area contributed by atoms with E-state index in [1.54, 1.807) is 11.0 Å². The molecule has 0 spiro atoms. The van der Waals surface area contributed by atoms with Gasteiger partial charge in [0, 0.05) is 32.0 Å². The van der Waals surface area contributed by atoms with Gasteiger partial charge < -0.3 is 24.2 Å². The van der Waals surface area contributed by atoms with E-state index in [4.69, 9.17) is 9.26 Å². The number of nitrogens with zero attached hydrogens (tertiary/aromatic N) is 3. The van der Waals surface area contributed by atoms with Gasteiger partial charge in [0.2, 0.25) is 5.91 Å². The molecule has 2 atom stereocenters. The van der Waals surface area contributed by atoms with E-state index in [1.807, 2.05) is 19.0 Å². The first-order valence-corrected chi connectivity index (χ1v) is 6.63. The maximum absolute atomic E-state index is 12.1. The zero-order chi connectivity index (χ0) is 14.7. The number of aliphatic hydroxyl groups is 1. The predicted molar refractivity (Wildman–Crippen MR) is 71.4 cm³/mol. The second kappa shape index (κ2) is 6.23. The third-order valence-corrected chi connectivity index (χ3v) is 3.61. The first-order valence-electron chi connectivity index (χ1n) is 6.63. The van der Waals surface area contributed by atoms with E-state index in [0.717, 1.165) is 0 Å². The summed E-state index contributed by atoms with van der Waals surface area (Å²) >= 11 is 0. The molecule has 2 rings (SSSR count). The number of likely N-dealkylation sites (N-methyl/N-ethyl adjacent to an activating group) is 1. The standard InChI is InChI=1S/C13H21N3O4/c1-15(2)10-7-16(8-11(10)17)13(18)5-4-9-6-12(19-3)14-20-9/h6,10-11,17H,4-5,7-8H2,1-3H3/t10-,11-/m1/s1. The molecule has 7 nitrogen and oxygen atoms in total. The van der Waals surface area contributed by atoms with Crippen LogP contribution >= 0.6 is 0 Å². The Balaban J connectivity index is 1.83. The molecule has 2 heterocycles. The Morgan fingerprint density at radius 1 is 1.60 bits per heavy atom. The van der Waals surface area contributed by atoms with Crippen molar-refractivity contribution < 1.29 is 19.2 Å². The number of carbonyl (C=O) groups excluding carboxylic acids is 1. The molecule has 0 aromatic carbocycles. The number of rotatable bonds is 5. The number of hydrogen-bond acceptors (Lipinski definition) is 6. The van der Waals surface area contributed by atoms with E-state index in [9.17, 15) is 9.90 Å². The summed E-state index contributed by atoms with van der Waals surface area (Å²) in [5, 5.41) is 13.6. The highest BCUT2D eigenvalue weighted by Gasteiger charge is 2.34. The Morgan fingerprint density at radius 2 is 2.35 bits per heavy atom. The van der Waals surface area contributed by atoms with E-state index in [2.05, 4.69) is 5.16 Å². The van der Waals surface area contributed by atoms with Gasteiger partial charge in [-0.25, -0.2) is 0 Å². The van der Waals surface area contributed by atoms with Crippen molar-refractivity contribution in [2.75, 3.05) is 34.3 Å². The molecule has 1 aromatic rings. The minimum atomic E-state index is -0.487. The van der Waals surface area contributed by atoms with Crippen LogP contribution in [0.25, 0.3) is 0 Å². The summed E-state index contributed by atoms with van der Waals surface area (Å²) < 4.78 is 9.96. The van der Waals surface area contributed by atoms with E-state index in [0.29, 0.717) is 37.6 Å². The molecule has 1 aliphatic heterocycles. The minimum absolute atomic E-state index is 0.00400. The Morgan fingerprint density at radius 3 is 2.90 bits per heavy atom. The zero-order valence-corrected chi connectivity index (χ0v) is 12.1. The van der Waals surface area contributed by atoms with E-state index in [-0.39, 0.29) is 11.9 Å². The van der Waals surface area contributed by atoms with Crippen molar-refractivity contribution in [2.45, 2.75) is 25.0 Å². The van der Waals surface area contributed by atoms with Gasteiger partial charge in [-0.05, 0) is 19.3 Å². The summed E-state index contributed by atoms with van der Waals surface area (Å²) in [5.74, 6) is 1.06. The highest BCUT2D eigenvalue weighted by Crippen LogP contribution is 2.17. The van der Waals surface area contributed by atoms with E-state index < -0.39 is 6.10 Å². The Labute approximate surface area is 118 Å².